The van der Waals surface area contributed by atoms with Crippen LogP contribution in [0.1, 0.15) is 17.5 Å². The Balaban J connectivity index is 2.40. The fourth-order valence-electron chi connectivity index (χ4n) is 1.76. The number of benzene rings is 1. The maximum absolute atomic E-state index is 5.94. The van der Waals surface area contributed by atoms with Crippen molar-refractivity contribution in [1.29, 1.82) is 0 Å². The standard InChI is InChI=1S/C11H15NO/c1-8-3-2-4-11-10(8)7-9(12)5-6-13-11/h2-4,9H,5-7,12H2,1H3. The lowest BCUT2D eigenvalue weighted by Gasteiger charge is -2.09. The van der Waals surface area contributed by atoms with Crippen molar-refractivity contribution >= 4 is 0 Å². The van der Waals surface area contributed by atoms with E-state index in [1.165, 1.54) is 11.1 Å². The van der Waals surface area contributed by atoms with Crippen molar-refractivity contribution < 1.29 is 4.74 Å². The van der Waals surface area contributed by atoms with Gasteiger partial charge in [-0.2, -0.15) is 0 Å². The molecular formula is C11H15NO. The predicted molar refractivity (Wildman–Crippen MR) is 53.0 cm³/mol. The Morgan fingerprint density at radius 2 is 2.31 bits per heavy atom. The fourth-order valence-corrected chi connectivity index (χ4v) is 1.76. The van der Waals surface area contributed by atoms with Gasteiger partial charge in [0.15, 0.2) is 0 Å². The highest BCUT2D eigenvalue weighted by atomic mass is 16.5. The molecule has 2 nitrogen and oxygen atoms in total. The zero-order valence-electron chi connectivity index (χ0n) is 7.92. The molecule has 0 bridgehead atoms. The minimum Gasteiger partial charge on any atom is -0.493 e. The molecule has 0 saturated carbocycles. The van der Waals surface area contributed by atoms with Gasteiger partial charge in [0, 0.05) is 6.04 Å². The molecule has 0 saturated heterocycles. The Kier molecular flexibility index (Phi) is 2.23. The smallest absolute Gasteiger partial charge is 0.122 e. The van der Waals surface area contributed by atoms with Gasteiger partial charge < -0.3 is 10.5 Å². The third-order valence-corrected chi connectivity index (χ3v) is 2.58. The molecule has 0 aliphatic carbocycles. The minimum absolute atomic E-state index is 0.252. The van der Waals surface area contributed by atoms with Crippen molar-refractivity contribution in [2.24, 2.45) is 5.73 Å². The zero-order chi connectivity index (χ0) is 9.26. The van der Waals surface area contributed by atoms with Crippen molar-refractivity contribution in [3.8, 4) is 5.75 Å². The lowest BCUT2D eigenvalue weighted by Crippen LogP contribution is -2.23. The molecule has 1 atom stereocenters. The first-order valence-corrected chi connectivity index (χ1v) is 4.74. The van der Waals surface area contributed by atoms with E-state index < -0.39 is 0 Å². The van der Waals surface area contributed by atoms with E-state index >= 15 is 0 Å². The van der Waals surface area contributed by atoms with Crippen molar-refractivity contribution in [2.75, 3.05) is 6.61 Å². The van der Waals surface area contributed by atoms with Crippen LogP contribution < -0.4 is 10.5 Å². The second-order valence-electron chi connectivity index (χ2n) is 3.65. The highest BCUT2D eigenvalue weighted by Gasteiger charge is 2.15. The lowest BCUT2D eigenvalue weighted by atomic mass is 10.0. The Morgan fingerprint density at radius 3 is 3.15 bits per heavy atom. The summed E-state index contributed by atoms with van der Waals surface area (Å²) in [5.41, 5.74) is 8.51. The average Bonchev–Trinajstić information content (AvgIpc) is 2.28. The van der Waals surface area contributed by atoms with Crippen LogP contribution in [0.25, 0.3) is 0 Å². The summed E-state index contributed by atoms with van der Waals surface area (Å²) in [5, 5.41) is 0. The Hall–Kier alpha value is -1.02. The number of aryl methyl sites for hydroxylation is 1. The van der Waals surface area contributed by atoms with Crippen LogP contribution in [0.4, 0.5) is 0 Å². The number of hydrogen-bond donors (Lipinski definition) is 1. The number of hydrogen-bond acceptors (Lipinski definition) is 2. The Morgan fingerprint density at radius 1 is 1.46 bits per heavy atom. The molecule has 0 radical (unpaired) electrons. The van der Waals surface area contributed by atoms with Crippen LogP contribution in [0.3, 0.4) is 0 Å². The lowest BCUT2D eigenvalue weighted by molar-refractivity contribution is 0.310. The molecule has 1 aliphatic heterocycles. The molecule has 1 heterocycles. The summed E-state index contributed by atoms with van der Waals surface area (Å²) in [5.74, 6) is 1.02. The number of rotatable bonds is 0. The van der Waals surface area contributed by atoms with Crippen LogP contribution in [0.5, 0.6) is 5.75 Å². The number of nitrogens with two attached hydrogens (primary N) is 1. The van der Waals surface area contributed by atoms with E-state index in [1.807, 2.05) is 12.1 Å². The summed E-state index contributed by atoms with van der Waals surface area (Å²) >= 11 is 0. The van der Waals surface area contributed by atoms with Crippen LogP contribution in [0.15, 0.2) is 18.2 Å². The van der Waals surface area contributed by atoms with Crippen LogP contribution in [-0.2, 0) is 6.42 Å². The molecule has 2 rings (SSSR count). The van der Waals surface area contributed by atoms with E-state index in [1.54, 1.807) is 0 Å². The Bertz CT molecular complexity index is 309. The number of ether oxygens (including phenoxy) is 1. The van der Waals surface area contributed by atoms with Gasteiger partial charge in [-0.05, 0) is 37.0 Å². The van der Waals surface area contributed by atoms with Gasteiger partial charge >= 0.3 is 0 Å². The van der Waals surface area contributed by atoms with Gasteiger partial charge in [-0.15, -0.1) is 0 Å². The molecule has 70 valence electrons. The Labute approximate surface area is 78.7 Å². The molecule has 1 aliphatic rings. The first-order chi connectivity index (χ1) is 6.27. The molecule has 2 heteroatoms. The van der Waals surface area contributed by atoms with Gasteiger partial charge in [-0.1, -0.05) is 12.1 Å². The maximum atomic E-state index is 5.94. The van der Waals surface area contributed by atoms with E-state index in [0.717, 1.165) is 25.2 Å². The largest absolute Gasteiger partial charge is 0.493 e. The van der Waals surface area contributed by atoms with Crippen LogP contribution in [-0.4, -0.2) is 12.6 Å². The summed E-state index contributed by atoms with van der Waals surface area (Å²) in [6.45, 7) is 2.86. The van der Waals surface area contributed by atoms with Crippen LogP contribution in [0.2, 0.25) is 0 Å². The van der Waals surface area contributed by atoms with Crippen molar-refractivity contribution in [2.45, 2.75) is 25.8 Å². The second kappa shape index (κ2) is 3.38. The summed E-state index contributed by atoms with van der Waals surface area (Å²) in [6, 6.07) is 6.42. The third kappa shape index (κ3) is 1.68. The summed E-state index contributed by atoms with van der Waals surface area (Å²) in [4.78, 5) is 0. The molecule has 1 unspecified atom stereocenters. The van der Waals surface area contributed by atoms with Crippen molar-refractivity contribution in [3.05, 3.63) is 29.3 Å². The van der Waals surface area contributed by atoms with Gasteiger partial charge in [0.05, 0.1) is 6.61 Å². The van der Waals surface area contributed by atoms with E-state index in [2.05, 4.69) is 13.0 Å². The van der Waals surface area contributed by atoms with Gasteiger partial charge in [0.2, 0.25) is 0 Å². The van der Waals surface area contributed by atoms with Gasteiger partial charge in [0.25, 0.3) is 0 Å². The monoisotopic (exact) mass is 177 g/mol. The third-order valence-electron chi connectivity index (χ3n) is 2.58. The average molecular weight is 177 g/mol. The van der Waals surface area contributed by atoms with Gasteiger partial charge in [-0.25, -0.2) is 0 Å². The van der Waals surface area contributed by atoms with Crippen molar-refractivity contribution in [1.82, 2.24) is 0 Å². The SMILES string of the molecule is Cc1cccc2c1CC(N)CCO2. The van der Waals surface area contributed by atoms with Gasteiger partial charge in [-0.3, -0.25) is 0 Å². The summed E-state index contributed by atoms with van der Waals surface area (Å²) < 4.78 is 5.62. The van der Waals surface area contributed by atoms with Crippen LogP contribution >= 0.6 is 0 Å². The van der Waals surface area contributed by atoms with E-state index in [0.29, 0.717) is 0 Å². The predicted octanol–water partition coefficient (Wildman–Crippen LogP) is 1.65. The van der Waals surface area contributed by atoms with E-state index in [4.69, 9.17) is 10.5 Å². The molecule has 0 fully saturated rings. The molecular weight excluding hydrogens is 162 g/mol. The zero-order valence-corrected chi connectivity index (χ0v) is 7.92. The normalized spacial score (nSPS) is 21.5. The quantitative estimate of drug-likeness (QED) is 0.654. The topological polar surface area (TPSA) is 35.2 Å². The minimum atomic E-state index is 0.252. The van der Waals surface area contributed by atoms with E-state index in [-0.39, 0.29) is 6.04 Å². The van der Waals surface area contributed by atoms with Gasteiger partial charge in [0.1, 0.15) is 5.75 Å². The second-order valence-corrected chi connectivity index (χ2v) is 3.65. The molecule has 0 amide bonds. The molecule has 0 spiro atoms. The fraction of sp³-hybridized carbons (Fsp3) is 0.455. The highest BCUT2D eigenvalue weighted by Crippen LogP contribution is 2.26. The maximum Gasteiger partial charge on any atom is 0.122 e. The first-order valence-electron chi connectivity index (χ1n) is 4.74. The summed E-state index contributed by atoms with van der Waals surface area (Å²) in [7, 11) is 0. The molecule has 1 aromatic carbocycles. The molecule has 2 N–H and O–H groups in total. The summed E-state index contributed by atoms with van der Waals surface area (Å²) in [6.07, 6.45) is 1.90. The van der Waals surface area contributed by atoms with E-state index in [9.17, 15) is 0 Å². The molecule has 0 aromatic heterocycles. The highest BCUT2D eigenvalue weighted by molar-refractivity contribution is 5.40. The van der Waals surface area contributed by atoms with Crippen molar-refractivity contribution in [3.63, 3.8) is 0 Å². The molecule has 13 heavy (non-hydrogen) atoms. The first kappa shape index (κ1) is 8.57. The number of fused-ring (bicyclic) bond motifs is 1. The molecule has 1 aromatic rings. The van der Waals surface area contributed by atoms with Crippen LogP contribution in [0, 0.1) is 6.92 Å².